The van der Waals surface area contributed by atoms with Gasteiger partial charge in [0, 0.05) is 12.5 Å². The lowest BCUT2D eigenvalue weighted by molar-refractivity contribution is -0.104. The maximum atomic E-state index is 10.0. The molecule has 0 heterocycles. The van der Waals surface area contributed by atoms with Crippen LogP contribution in [0, 0.1) is 5.41 Å². The minimum atomic E-state index is -0.0737. The highest BCUT2D eigenvalue weighted by Gasteiger charge is 2.21. The Kier molecular flexibility index (Phi) is 4.04. The SMILES string of the molecule is COC(C)C(C)(C)/C=C/C=O. The number of ether oxygens (including phenoxy) is 1. The zero-order valence-corrected chi connectivity index (χ0v) is 7.63. The zero-order chi connectivity index (χ0) is 8.91. The van der Waals surface area contributed by atoms with Crippen molar-refractivity contribution in [1.29, 1.82) is 0 Å². The summed E-state index contributed by atoms with van der Waals surface area (Å²) < 4.78 is 5.14. The molecule has 64 valence electrons. The van der Waals surface area contributed by atoms with Gasteiger partial charge in [-0.15, -0.1) is 0 Å². The van der Waals surface area contributed by atoms with Gasteiger partial charge >= 0.3 is 0 Å². The number of aldehydes is 1. The first-order valence-corrected chi connectivity index (χ1v) is 3.70. The van der Waals surface area contributed by atoms with Gasteiger partial charge in [-0.25, -0.2) is 0 Å². The highest BCUT2D eigenvalue weighted by molar-refractivity contribution is 5.64. The van der Waals surface area contributed by atoms with Crippen LogP contribution in [-0.2, 0) is 9.53 Å². The summed E-state index contributed by atoms with van der Waals surface area (Å²) in [7, 11) is 1.67. The van der Waals surface area contributed by atoms with Gasteiger partial charge < -0.3 is 4.74 Å². The Balaban J connectivity index is 4.19. The number of hydrogen-bond donors (Lipinski definition) is 0. The molecule has 0 saturated heterocycles. The summed E-state index contributed by atoms with van der Waals surface area (Å²) in [6.07, 6.45) is 4.27. The maximum Gasteiger partial charge on any atom is 0.142 e. The van der Waals surface area contributed by atoms with E-state index in [-0.39, 0.29) is 11.5 Å². The fraction of sp³-hybridized carbons (Fsp3) is 0.667. The van der Waals surface area contributed by atoms with Crippen molar-refractivity contribution in [3.05, 3.63) is 12.2 Å². The third-order valence-electron chi connectivity index (χ3n) is 2.01. The molecule has 0 aromatic heterocycles. The van der Waals surface area contributed by atoms with Crippen LogP contribution in [0.4, 0.5) is 0 Å². The van der Waals surface area contributed by atoms with Crippen LogP contribution in [0.25, 0.3) is 0 Å². The summed E-state index contributed by atoms with van der Waals surface area (Å²) in [5.41, 5.74) is -0.0737. The monoisotopic (exact) mass is 156 g/mol. The predicted molar refractivity (Wildman–Crippen MR) is 45.5 cm³/mol. The van der Waals surface area contributed by atoms with E-state index in [1.165, 1.54) is 6.08 Å². The summed E-state index contributed by atoms with van der Waals surface area (Å²) in [5, 5.41) is 0. The molecular weight excluding hydrogens is 140 g/mol. The molecule has 0 saturated carbocycles. The summed E-state index contributed by atoms with van der Waals surface area (Å²) in [6.45, 7) is 6.04. The molecule has 0 aliphatic carbocycles. The summed E-state index contributed by atoms with van der Waals surface area (Å²) >= 11 is 0. The van der Waals surface area contributed by atoms with Crippen LogP contribution < -0.4 is 0 Å². The van der Waals surface area contributed by atoms with Gasteiger partial charge in [0.25, 0.3) is 0 Å². The highest BCUT2D eigenvalue weighted by atomic mass is 16.5. The van der Waals surface area contributed by atoms with Gasteiger partial charge in [0.2, 0.25) is 0 Å². The second kappa shape index (κ2) is 4.29. The predicted octanol–water partition coefficient (Wildman–Crippen LogP) is 1.80. The molecule has 2 nitrogen and oxygen atoms in total. The molecule has 1 unspecified atom stereocenters. The minimum Gasteiger partial charge on any atom is -0.381 e. The quantitative estimate of drug-likeness (QED) is 0.458. The van der Waals surface area contributed by atoms with Crippen LogP contribution in [-0.4, -0.2) is 19.5 Å². The van der Waals surface area contributed by atoms with Crippen molar-refractivity contribution >= 4 is 6.29 Å². The van der Waals surface area contributed by atoms with E-state index in [9.17, 15) is 4.79 Å². The smallest absolute Gasteiger partial charge is 0.142 e. The van der Waals surface area contributed by atoms with Crippen molar-refractivity contribution in [3.63, 3.8) is 0 Å². The Morgan fingerprint density at radius 2 is 2.00 bits per heavy atom. The summed E-state index contributed by atoms with van der Waals surface area (Å²) in [4.78, 5) is 10.0. The van der Waals surface area contributed by atoms with Gasteiger partial charge in [-0.2, -0.15) is 0 Å². The van der Waals surface area contributed by atoms with Crippen LogP contribution in [0.5, 0.6) is 0 Å². The molecule has 0 aromatic rings. The van der Waals surface area contributed by atoms with Crippen LogP contribution in [0.3, 0.4) is 0 Å². The molecule has 11 heavy (non-hydrogen) atoms. The molecule has 0 fully saturated rings. The van der Waals surface area contributed by atoms with Gasteiger partial charge in [0.1, 0.15) is 6.29 Å². The van der Waals surface area contributed by atoms with Gasteiger partial charge in [-0.05, 0) is 13.0 Å². The number of allylic oxidation sites excluding steroid dienone is 1. The normalized spacial score (nSPS) is 15.3. The molecule has 0 aromatic carbocycles. The minimum absolute atomic E-state index is 0.0737. The third kappa shape index (κ3) is 3.33. The Bertz CT molecular complexity index is 148. The number of hydrogen-bond acceptors (Lipinski definition) is 2. The van der Waals surface area contributed by atoms with E-state index in [0.717, 1.165) is 6.29 Å². The largest absolute Gasteiger partial charge is 0.381 e. The fourth-order valence-electron chi connectivity index (χ4n) is 0.727. The average Bonchev–Trinajstić information content (AvgIpc) is 1.99. The molecule has 0 aliphatic rings. The van der Waals surface area contributed by atoms with Gasteiger partial charge in [0.15, 0.2) is 0 Å². The van der Waals surface area contributed by atoms with E-state index in [0.29, 0.717) is 0 Å². The standard InChI is InChI=1S/C9H16O2/c1-8(11-4)9(2,3)6-5-7-10/h5-8H,1-4H3/b6-5+. The molecular formula is C9H16O2. The lowest BCUT2D eigenvalue weighted by atomic mass is 9.87. The van der Waals surface area contributed by atoms with E-state index >= 15 is 0 Å². The van der Waals surface area contributed by atoms with Gasteiger partial charge in [-0.3, -0.25) is 4.79 Å². The number of carbonyl (C=O) groups is 1. The lowest BCUT2D eigenvalue weighted by Crippen LogP contribution is -2.25. The van der Waals surface area contributed by atoms with Gasteiger partial charge in [-0.1, -0.05) is 19.9 Å². The lowest BCUT2D eigenvalue weighted by Gasteiger charge is -2.26. The first-order chi connectivity index (χ1) is 5.04. The summed E-state index contributed by atoms with van der Waals surface area (Å²) in [6, 6.07) is 0. The fourth-order valence-corrected chi connectivity index (χ4v) is 0.727. The second-order valence-electron chi connectivity index (χ2n) is 3.19. The Morgan fingerprint density at radius 3 is 2.36 bits per heavy atom. The Morgan fingerprint density at radius 1 is 1.45 bits per heavy atom. The molecule has 0 aliphatic heterocycles. The number of methoxy groups -OCH3 is 1. The average molecular weight is 156 g/mol. The summed E-state index contributed by atoms with van der Waals surface area (Å²) in [5.74, 6) is 0. The molecule has 0 spiro atoms. The van der Waals surface area contributed by atoms with Crippen molar-refractivity contribution < 1.29 is 9.53 Å². The number of carbonyl (C=O) groups excluding carboxylic acids is 1. The second-order valence-corrected chi connectivity index (χ2v) is 3.19. The van der Waals surface area contributed by atoms with E-state index in [1.807, 2.05) is 26.8 Å². The molecule has 0 amide bonds. The van der Waals surface area contributed by atoms with E-state index < -0.39 is 0 Å². The van der Waals surface area contributed by atoms with Crippen LogP contribution in [0.1, 0.15) is 20.8 Å². The van der Waals surface area contributed by atoms with E-state index in [4.69, 9.17) is 4.74 Å². The Hall–Kier alpha value is -0.630. The van der Waals surface area contributed by atoms with Crippen LogP contribution in [0.15, 0.2) is 12.2 Å². The van der Waals surface area contributed by atoms with Crippen molar-refractivity contribution in [2.45, 2.75) is 26.9 Å². The first-order valence-electron chi connectivity index (χ1n) is 3.70. The number of rotatable bonds is 4. The zero-order valence-electron chi connectivity index (χ0n) is 7.63. The van der Waals surface area contributed by atoms with Crippen molar-refractivity contribution in [3.8, 4) is 0 Å². The maximum absolute atomic E-state index is 10.0. The van der Waals surface area contributed by atoms with Crippen molar-refractivity contribution in [2.75, 3.05) is 7.11 Å². The molecule has 0 bridgehead atoms. The van der Waals surface area contributed by atoms with Gasteiger partial charge in [0.05, 0.1) is 6.10 Å². The Labute approximate surface area is 68.2 Å². The van der Waals surface area contributed by atoms with Crippen molar-refractivity contribution in [2.24, 2.45) is 5.41 Å². The molecule has 0 radical (unpaired) electrons. The van der Waals surface area contributed by atoms with E-state index in [2.05, 4.69) is 0 Å². The highest BCUT2D eigenvalue weighted by Crippen LogP contribution is 2.23. The molecule has 1 atom stereocenters. The molecule has 0 N–H and O–H groups in total. The van der Waals surface area contributed by atoms with E-state index in [1.54, 1.807) is 7.11 Å². The van der Waals surface area contributed by atoms with Crippen molar-refractivity contribution in [1.82, 2.24) is 0 Å². The van der Waals surface area contributed by atoms with Crippen LogP contribution >= 0.6 is 0 Å². The first kappa shape index (κ1) is 10.4. The molecule has 2 heteroatoms. The van der Waals surface area contributed by atoms with Crippen LogP contribution in [0.2, 0.25) is 0 Å². The topological polar surface area (TPSA) is 26.3 Å². The third-order valence-corrected chi connectivity index (χ3v) is 2.01. The molecule has 0 rings (SSSR count).